The van der Waals surface area contributed by atoms with Crippen LogP contribution in [0.15, 0.2) is 35.3 Å². The van der Waals surface area contributed by atoms with Gasteiger partial charge >= 0.3 is 0 Å². The molecule has 2 rings (SSSR count). The number of benzene rings is 1. The molecule has 0 aromatic heterocycles. The van der Waals surface area contributed by atoms with Crippen molar-refractivity contribution in [1.82, 2.24) is 10.2 Å². The van der Waals surface area contributed by atoms with Crippen LogP contribution in [0.4, 0.5) is 0 Å². The third-order valence-corrected chi connectivity index (χ3v) is 4.30. The minimum Gasteiger partial charge on any atom is -0.508 e. The van der Waals surface area contributed by atoms with Crippen molar-refractivity contribution < 1.29 is 5.11 Å². The maximum Gasteiger partial charge on any atom is 0.115 e. The van der Waals surface area contributed by atoms with Crippen molar-refractivity contribution in [1.29, 1.82) is 0 Å². The molecule has 1 atom stereocenters. The van der Waals surface area contributed by atoms with Crippen molar-refractivity contribution in [3.8, 4) is 5.75 Å². The number of nitrogens with zero attached hydrogens (tertiary/aromatic N) is 1. The number of phenols is 1. The Balaban J connectivity index is 2.24. The Labute approximate surface area is 123 Å². The molecule has 1 saturated heterocycles. The van der Waals surface area contributed by atoms with Gasteiger partial charge in [0.15, 0.2) is 0 Å². The number of aromatic hydroxyl groups is 1. The van der Waals surface area contributed by atoms with Gasteiger partial charge in [0.25, 0.3) is 0 Å². The second-order valence-electron chi connectivity index (χ2n) is 4.87. The predicted octanol–water partition coefficient (Wildman–Crippen LogP) is 3.07. The van der Waals surface area contributed by atoms with Crippen LogP contribution < -0.4 is 5.32 Å². The zero-order valence-electron chi connectivity index (χ0n) is 11.1. The number of hydrogen-bond donors (Lipinski definition) is 2. The smallest absolute Gasteiger partial charge is 0.115 e. The topological polar surface area (TPSA) is 35.5 Å². The normalized spacial score (nSPS) is 18.2. The average Bonchev–Trinajstić information content (AvgIpc) is 2.44. The lowest BCUT2D eigenvalue weighted by Crippen LogP contribution is -2.45. The van der Waals surface area contributed by atoms with Gasteiger partial charge in [-0.15, -0.1) is 6.58 Å². The number of rotatable bonds is 5. The Kier molecular flexibility index (Phi) is 5.43. The van der Waals surface area contributed by atoms with Gasteiger partial charge in [-0.3, -0.25) is 4.90 Å². The quantitative estimate of drug-likeness (QED) is 0.817. The fraction of sp³-hybridized carbons (Fsp3) is 0.467. The van der Waals surface area contributed by atoms with E-state index in [2.05, 4.69) is 32.7 Å². The summed E-state index contributed by atoms with van der Waals surface area (Å²) in [4.78, 5) is 2.49. The number of phenolic OH excluding ortho intramolecular Hbond substituents is 1. The summed E-state index contributed by atoms with van der Waals surface area (Å²) in [7, 11) is 0. The molecule has 1 heterocycles. The first-order valence-electron chi connectivity index (χ1n) is 6.76. The first kappa shape index (κ1) is 14.6. The standard InChI is InChI=1S/C15H21BrN2O/c1-2-3-4-15(18-9-7-17-8-10-18)13-11-12(19)5-6-14(13)16/h2,5-6,11,15,17,19H,1,3-4,7-10H2/t15-/m1/s1. The molecule has 1 aromatic rings. The van der Waals surface area contributed by atoms with E-state index in [9.17, 15) is 5.11 Å². The molecule has 0 amide bonds. The Bertz CT molecular complexity index is 430. The van der Waals surface area contributed by atoms with Crippen molar-refractivity contribution in [2.45, 2.75) is 18.9 Å². The zero-order valence-corrected chi connectivity index (χ0v) is 12.7. The summed E-state index contributed by atoms with van der Waals surface area (Å²) in [6, 6.07) is 5.85. The number of piperazine rings is 1. The highest BCUT2D eigenvalue weighted by Crippen LogP contribution is 2.34. The molecule has 19 heavy (non-hydrogen) atoms. The van der Waals surface area contributed by atoms with Gasteiger partial charge in [-0.05, 0) is 36.6 Å². The minimum absolute atomic E-state index is 0.330. The third-order valence-electron chi connectivity index (χ3n) is 3.58. The summed E-state index contributed by atoms with van der Waals surface area (Å²) < 4.78 is 1.07. The van der Waals surface area contributed by atoms with Crippen LogP contribution in [0.25, 0.3) is 0 Å². The summed E-state index contributed by atoms with van der Waals surface area (Å²) in [5, 5.41) is 13.1. The Morgan fingerprint density at radius 3 is 2.84 bits per heavy atom. The van der Waals surface area contributed by atoms with E-state index in [-0.39, 0.29) is 0 Å². The van der Waals surface area contributed by atoms with Gasteiger partial charge in [-0.1, -0.05) is 22.0 Å². The maximum absolute atomic E-state index is 9.74. The van der Waals surface area contributed by atoms with Crippen molar-refractivity contribution in [2.24, 2.45) is 0 Å². The molecule has 0 bridgehead atoms. The van der Waals surface area contributed by atoms with E-state index < -0.39 is 0 Å². The lowest BCUT2D eigenvalue weighted by atomic mass is 9.99. The summed E-state index contributed by atoms with van der Waals surface area (Å²) in [6.07, 6.45) is 3.98. The lowest BCUT2D eigenvalue weighted by Gasteiger charge is -2.35. The Morgan fingerprint density at radius 1 is 1.42 bits per heavy atom. The highest BCUT2D eigenvalue weighted by Gasteiger charge is 2.23. The minimum atomic E-state index is 0.330. The fourth-order valence-corrected chi connectivity index (χ4v) is 3.10. The van der Waals surface area contributed by atoms with Crippen molar-refractivity contribution in [2.75, 3.05) is 26.2 Å². The molecule has 4 heteroatoms. The van der Waals surface area contributed by atoms with Crippen LogP contribution in [0.5, 0.6) is 5.75 Å². The van der Waals surface area contributed by atoms with E-state index in [0.717, 1.165) is 43.5 Å². The van der Waals surface area contributed by atoms with E-state index in [4.69, 9.17) is 0 Å². The zero-order chi connectivity index (χ0) is 13.7. The molecule has 1 aliphatic heterocycles. The van der Waals surface area contributed by atoms with Crippen LogP contribution in [0.2, 0.25) is 0 Å². The van der Waals surface area contributed by atoms with E-state index in [1.165, 1.54) is 5.56 Å². The van der Waals surface area contributed by atoms with E-state index in [0.29, 0.717) is 11.8 Å². The molecule has 1 aromatic carbocycles. The van der Waals surface area contributed by atoms with Gasteiger partial charge in [0.1, 0.15) is 5.75 Å². The van der Waals surface area contributed by atoms with Crippen LogP contribution >= 0.6 is 15.9 Å². The van der Waals surface area contributed by atoms with Crippen LogP contribution in [0.3, 0.4) is 0 Å². The van der Waals surface area contributed by atoms with Crippen LogP contribution in [-0.4, -0.2) is 36.2 Å². The fourth-order valence-electron chi connectivity index (χ4n) is 2.59. The van der Waals surface area contributed by atoms with E-state index >= 15 is 0 Å². The molecular formula is C15H21BrN2O. The van der Waals surface area contributed by atoms with Gasteiger partial charge in [0.05, 0.1) is 0 Å². The monoisotopic (exact) mass is 324 g/mol. The van der Waals surface area contributed by atoms with Crippen molar-refractivity contribution in [3.63, 3.8) is 0 Å². The summed E-state index contributed by atoms with van der Waals surface area (Å²) in [6.45, 7) is 7.97. The molecule has 104 valence electrons. The predicted molar refractivity (Wildman–Crippen MR) is 82.4 cm³/mol. The van der Waals surface area contributed by atoms with Gasteiger partial charge < -0.3 is 10.4 Å². The highest BCUT2D eigenvalue weighted by atomic mass is 79.9. The SMILES string of the molecule is C=CCC[C@H](c1cc(O)ccc1Br)N1CCNCC1. The van der Waals surface area contributed by atoms with Gasteiger partial charge in [-0.25, -0.2) is 0 Å². The summed E-state index contributed by atoms with van der Waals surface area (Å²) in [5.41, 5.74) is 1.17. The largest absolute Gasteiger partial charge is 0.508 e. The number of allylic oxidation sites excluding steroid dienone is 1. The molecule has 0 saturated carbocycles. The van der Waals surface area contributed by atoms with Gasteiger partial charge in [0.2, 0.25) is 0 Å². The maximum atomic E-state index is 9.74. The molecule has 0 spiro atoms. The molecule has 0 aliphatic carbocycles. The number of halogens is 1. The Morgan fingerprint density at radius 2 is 2.16 bits per heavy atom. The molecular weight excluding hydrogens is 304 g/mol. The van der Waals surface area contributed by atoms with Crippen LogP contribution in [0.1, 0.15) is 24.4 Å². The molecule has 2 N–H and O–H groups in total. The number of hydrogen-bond acceptors (Lipinski definition) is 3. The van der Waals surface area contributed by atoms with Crippen molar-refractivity contribution >= 4 is 15.9 Å². The van der Waals surface area contributed by atoms with E-state index in [1.807, 2.05) is 18.2 Å². The number of nitrogens with one attached hydrogen (secondary N) is 1. The van der Waals surface area contributed by atoms with Gasteiger partial charge in [-0.2, -0.15) is 0 Å². The average molecular weight is 325 g/mol. The third kappa shape index (κ3) is 3.81. The van der Waals surface area contributed by atoms with E-state index in [1.54, 1.807) is 6.07 Å². The summed E-state index contributed by atoms with van der Waals surface area (Å²) in [5.74, 6) is 0.330. The molecule has 0 radical (unpaired) electrons. The van der Waals surface area contributed by atoms with Crippen LogP contribution in [0, 0.1) is 0 Å². The Hall–Kier alpha value is -0.840. The second kappa shape index (κ2) is 7.08. The van der Waals surface area contributed by atoms with Crippen molar-refractivity contribution in [3.05, 3.63) is 40.9 Å². The molecule has 1 aliphatic rings. The highest BCUT2D eigenvalue weighted by molar-refractivity contribution is 9.10. The molecule has 1 fully saturated rings. The van der Waals surface area contributed by atoms with Gasteiger partial charge in [0, 0.05) is 36.7 Å². The first-order chi connectivity index (χ1) is 9.22. The molecule has 0 unspecified atom stereocenters. The molecule has 3 nitrogen and oxygen atoms in total. The lowest BCUT2D eigenvalue weighted by molar-refractivity contribution is 0.165. The first-order valence-corrected chi connectivity index (χ1v) is 7.55. The summed E-state index contributed by atoms with van der Waals surface area (Å²) >= 11 is 3.61. The second-order valence-corrected chi connectivity index (χ2v) is 5.73. The van der Waals surface area contributed by atoms with Crippen LogP contribution in [-0.2, 0) is 0 Å².